The fraction of sp³-hybridized carbons (Fsp3) is 0.370. The molecule has 5 rings (SSSR count). The summed E-state index contributed by atoms with van der Waals surface area (Å²) in [7, 11) is 1.60. The maximum absolute atomic E-state index is 13.8. The number of ether oxygens (including phenoxy) is 1. The lowest BCUT2D eigenvalue weighted by Gasteiger charge is -2.31. The lowest BCUT2D eigenvalue weighted by molar-refractivity contribution is -0.143. The third kappa shape index (κ3) is 6.10. The molecule has 0 radical (unpaired) electrons. The lowest BCUT2D eigenvalue weighted by atomic mass is 9.95. The number of carbonyl (C=O) groups excluding carboxylic acids is 2. The zero-order valence-electron chi connectivity index (χ0n) is 21.2. The zero-order chi connectivity index (χ0) is 26.3. The number of benzene rings is 1. The predicted octanol–water partition coefficient (Wildman–Crippen LogP) is 4.22. The quantitative estimate of drug-likeness (QED) is 0.324. The van der Waals surface area contributed by atoms with E-state index in [-0.39, 0.29) is 30.9 Å². The van der Waals surface area contributed by atoms with Crippen molar-refractivity contribution in [3.63, 3.8) is 0 Å². The van der Waals surface area contributed by atoms with Gasteiger partial charge in [-0.1, -0.05) is 25.3 Å². The Morgan fingerprint density at radius 2 is 1.97 bits per heavy atom. The van der Waals surface area contributed by atoms with Gasteiger partial charge in [0.2, 0.25) is 11.7 Å². The van der Waals surface area contributed by atoms with E-state index in [9.17, 15) is 9.59 Å². The van der Waals surface area contributed by atoms with Gasteiger partial charge in [-0.2, -0.15) is 4.80 Å². The number of methoxy groups -OCH3 is 1. The van der Waals surface area contributed by atoms with Crippen LogP contribution in [-0.2, 0) is 22.7 Å². The highest BCUT2D eigenvalue weighted by atomic mass is 32.1. The maximum atomic E-state index is 13.8. The van der Waals surface area contributed by atoms with Crippen molar-refractivity contribution in [3.05, 3.63) is 70.8 Å². The van der Waals surface area contributed by atoms with Crippen LogP contribution in [0.1, 0.15) is 48.8 Å². The summed E-state index contributed by atoms with van der Waals surface area (Å²) in [6, 6.07) is 13.8. The van der Waals surface area contributed by atoms with Crippen LogP contribution in [0.5, 0.6) is 5.75 Å². The van der Waals surface area contributed by atoms with Crippen LogP contribution >= 0.6 is 11.3 Å². The number of hydrogen-bond donors (Lipinski definition) is 1. The minimum atomic E-state index is -0.925. The molecule has 198 valence electrons. The van der Waals surface area contributed by atoms with Crippen LogP contribution in [0.15, 0.2) is 64.6 Å². The number of amides is 2. The summed E-state index contributed by atoms with van der Waals surface area (Å²) < 4.78 is 10.9. The van der Waals surface area contributed by atoms with Crippen molar-refractivity contribution in [2.75, 3.05) is 7.11 Å². The molecule has 1 fully saturated rings. The third-order valence-corrected chi connectivity index (χ3v) is 7.49. The van der Waals surface area contributed by atoms with Crippen molar-refractivity contribution in [1.82, 2.24) is 30.4 Å². The van der Waals surface area contributed by atoms with Crippen molar-refractivity contribution >= 4 is 23.2 Å². The minimum Gasteiger partial charge on any atom is -0.497 e. The molecular weight excluding hydrogens is 504 g/mol. The molecule has 3 aromatic heterocycles. The molecular formula is C27H30N6O4S. The Hall–Kier alpha value is -3.99. The summed E-state index contributed by atoms with van der Waals surface area (Å²) in [6.07, 6.45) is 6.74. The largest absolute Gasteiger partial charge is 0.497 e. The van der Waals surface area contributed by atoms with E-state index in [1.165, 1.54) is 28.8 Å². The van der Waals surface area contributed by atoms with Crippen molar-refractivity contribution in [3.8, 4) is 17.1 Å². The van der Waals surface area contributed by atoms with Gasteiger partial charge in [0.25, 0.3) is 5.91 Å². The molecule has 0 unspecified atom stereocenters. The number of rotatable bonds is 10. The first kappa shape index (κ1) is 25.7. The molecule has 3 heterocycles. The Morgan fingerprint density at radius 1 is 1.16 bits per heavy atom. The number of tetrazole rings is 1. The molecule has 1 N–H and O–H groups in total. The molecule has 0 saturated heterocycles. The van der Waals surface area contributed by atoms with E-state index in [1.54, 1.807) is 24.1 Å². The molecule has 1 atom stereocenters. The molecule has 0 bridgehead atoms. The van der Waals surface area contributed by atoms with Crippen molar-refractivity contribution in [1.29, 1.82) is 0 Å². The monoisotopic (exact) mass is 534 g/mol. The van der Waals surface area contributed by atoms with Crippen LogP contribution in [0.2, 0.25) is 0 Å². The Kier molecular flexibility index (Phi) is 8.12. The average molecular weight is 535 g/mol. The Morgan fingerprint density at radius 3 is 2.66 bits per heavy atom. The van der Waals surface area contributed by atoms with Gasteiger partial charge >= 0.3 is 0 Å². The van der Waals surface area contributed by atoms with Gasteiger partial charge in [-0.15, -0.1) is 21.5 Å². The SMILES string of the molecule is COc1ccc(-c2nnn(CC(=O)N(Cc3cccs3)[C@@H](C(=O)NC3CCCCC3)c3ccco3)n2)cc1. The Balaban J connectivity index is 1.39. The van der Waals surface area contributed by atoms with E-state index < -0.39 is 6.04 Å². The van der Waals surface area contributed by atoms with Crippen molar-refractivity contribution < 1.29 is 18.7 Å². The molecule has 10 nitrogen and oxygen atoms in total. The average Bonchev–Trinajstić information content (AvgIpc) is 3.73. The van der Waals surface area contributed by atoms with E-state index in [2.05, 4.69) is 20.7 Å². The summed E-state index contributed by atoms with van der Waals surface area (Å²) in [5.74, 6) is 0.951. The first-order chi connectivity index (χ1) is 18.6. The molecule has 4 aromatic rings. The van der Waals surface area contributed by atoms with Crippen LogP contribution in [0.25, 0.3) is 11.4 Å². The van der Waals surface area contributed by atoms with Crippen LogP contribution in [0.4, 0.5) is 0 Å². The minimum absolute atomic E-state index is 0.0939. The van der Waals surface area contributed by atoms with E-state index in [1.807, 2.05) is 41.8 Å². The molecule has 1 aliphatic carbocycles. The van der Waals surface area contributed by atoms with E-state index >= 15 is 0 Å². The number of nitrogens with zero attached hydrogens (tertiary/aromatic N) is 5. The molecule has 1 saturated carbocycles. The van der Waals surface area contributed by atoms with Gasteiger partial charge < -0.3 is 19.4 Å². The van der Waals surface area contributed by atoms with Gasteiger partial charge in [-0.05, 0) is 65.9 Å². The summed E-state index contributed by atoms with van der Waals surface area (Å²) in [5.41, 5.74) is 0.750. The van der Waals surface area contributed by atoms with Crippen LogP contribution in [0.3, 0.4) is 0 Å². The Bertz CT molecular complexity index is 1310. The van der Waals surface area contributed by atoms with Crippen LogP contribution < -0.4 is 10.1 Å². The molecule has 1 aliphatic rings. The normalized spacial score (nSPS) is 14.7. The zero-order valence-corrected chi connectivity index (χ0v) is 22.0. The van der Waals surface area contributed by atoms with Gasteiger partial charge in [-0.25, -0.2) is 0 Å². The fourth-order valence-electron chi connectivity index (χ4n) is 4.67. The number of nitrogens with one attached hydrogen (secondary N) is 1. The fourth-order valence-corrected chi connectivity index (χ4v) is 5.37. The topological polar surface area (TPSA) is 115 Å². The van der Waals surface area contributed by atoms with E-state index in [0.717, 1.165) is 41.9 Å². The predicted molar refractivity (Wildman–Crippen MR) is 141 cm³/mol. The summed E-state index contributed by atoms with van der Waals surface area (Å²) in [6.45, 7) is 0.0719. The molecule has 0 aliphatic heterocycles. The maximum Gasteiger partial charge on any atom is 0.250 e. The standard InChI is InChI=1S/C27H30N6O4S/c1-36-21-13-11-19(12-14-21)26-29-31-33(30-26)18-24(34)32(17-22-9-6-16-38-22)25(23-10-5-15-37-23)27(35)28-20-7-3-2-4-8-20/h5-6,9-16,20,25H,2-4,7-8,17-18H2,1H3,(H,28,35)/t25-/m1/s1. The van der Waals surface area contributed by atoms with Crippen molar-refractivity contribution in [2.24, 2.45) is 0 Å². The van der Waals surface area contributed by atoms with E-state index in [0.29, 0.717) is 11.6 Å². The molecule has 1 aromatic carbocycles. The van der Waals surface area contributed by atoms with Gasteiger partial charge in [0.1, 0.15) is 18.1 Å². The molecule has 11 heteroatoms. The van der Waals surface area contributed by atoms with Gasteiger partial charge in [0.15, 0.2) is 6.04 Å². The number of hydrogen-bond acceptors (Lipinski definition) is 8. The Labute approximate surface area is 224 Å². The highest BCUT2D eigenvalue weighted by Gasteiger charge is 2.35. The number of aromatic nitrogens is 4. The third-order valence-electron chi connectivity index (χ3n) is 6.63. The summed E-state index contributed by atoms with van der Waals surface area (Å²) >= 11 is 1.52. The van der Waals surface area contributed by atoms with Crippen LogP contribution in [0, 0.1) is 0 Å². The first-order valence-corrected chi connectivity index (χ1v) is 13.6. The number of furan rings is 1. The second-order valence-corrected chi connectivity index (χ2v) is 10.3. The van der Waals surface area contributed by atoms with Crippen molar-refractivity contribution in [2.45, 2.75) is 57.3 Å². The highest BCUT2D eigenvalue weighted by Crippen LogP contribution is 2.27. The second-order valence-electron chi connectivity index (χ2n) is 9.23. The van der Waals surface area contributed by atoms with Gasteiger partial charge in [0, 0.05) is 16.5 Å². The lowest BCUT2D eigenvalue weighted by Crippen LogP contribution is -2.47. The molecule has 38 heavy (non-hydrogen) atoms. The molecule has 0 spiro atoms. The first-order valence-electron chi connectivity index (χ1n) is 12.7. The highest BCUT2D eigenvalue weighted by molar-refractivity contribution is 7.09. The smallest absolute Gasteiger partial charge is 0.250 e. The van der Waals surface area contributed by atoms with E-state index in [4.69, 9.17) is 9.15 Å². The van der Waals surface area contributed by atoms with Gasteiger partial charge in [0.05, 0.1) is 19.9 Å². The summed E-state index contributed by atoms with van der Waals surface area (Å²) in [4.78, 5) is 31.2. The van der Waals surface area contributed by atoms with Gasteiger partial charge in [-0.3, -0.25) is 9.59 Å². The number of carbonyl (C=O) groups is 2. The van der Waals surface area contributed by atoms with Crippen LogP contribution in [-0.4, -0.2) is 50.1 Å². The molecule has 2 amide bonds. The number of thiophene rings is 1. The second kappa shape index (κ2) is 12.0. The summed E-state index contributed by atoms with van der Waals surface area (Å²) in [5, 5.41) is 17.7.